The van der Waals surface area contributed by atoms with E-state index in [-0.39, 0.29) is 25.6 Å². The number of hydrogen-bond donors (Lipinski definition) is 3. The molecule has 0 aliphatic carbocycles. The molecule has 0 saturated heterocycles. The monoisotopic (exact) mass is 292 g/mol. The predicted octanol–water partition coefficient (Wildman–Crippen LogP) is 1.83. The van der Waals surface area contributed by atoms with Crippen LogP contribution in [0.15, 0.2) is 24.8 Å². The molecule has 1 atom stereocenters. The molecule has 18 heavy (non-hydrogen) atoms. The Morgan fingerprint density at radius 1 is 1.61 bits per heavy atom. The van der Waals surface area contributed by atoms with E-state index in [4.69, 9.17) is 10.8 Å². The number of nitrogens with two attached hydrogens (primary N) is 1. The summed E-state index contributed by atoms with van der Waals surface area (Å²) in [6.07, 6.45) is 0.417. The first kappa shape index (κ1) is 16.9. The summed E-state index contributed by atoms with van der Waals surface area (Å²) in [6.45, 7) is 3.84. The van der Waals surface area contributed by atoms with Crippen molar-refractivity contribution in [3.8, 4) is 0 Å². The van der Waals surface area contributed by atoms with Gasteiger partial charge in [0, 0.05) is 22.8 Å². The van der Waals surface area contributed by atoms with Gasteiger partial charge in [0.05, 0.1) is 12.6 Å². The van der Waals surface area contributed by atoms with Gasteiger partial charge in [0.2, 0.25) is 0 Å². The van der Waals surface area contributed by atoms with E-state index in [0.29, 0.717) is 6.54 Å². The van der Waals surface area contributed by atoms with Crippen molar-refractivity contribution >= 4 is 29.8 Å². The Morgan fingerprint density at radius 2 is 2.28 bits per heavy atom. The van der Waals surface area contributed by atoms with Gasteiger partial charge in [-0.25, -0.2) is 4.79 Å². The predicted molar refractivity (Wildman–Crippen MR) is 74.2 cm³/mol. The van der Waals surface area contributed by atoms with E-state index in [9.17, 15) is 9.90 Å². The maximum atomic E-state index is 11.1. The van der Waals surface area contributed by atoms with Crippen molar-refractivity contribution in [1.29, 1.82) is 0 Å². The fourth-order valence-electron chi connectivity index (χ4n) is 1.50. The molecule has 102 valence electrons. The third-order valence-electron chi connectivity index (χ3n) is 2.33. The van der Waals surface area contributed by atoms with Crippen LogP contribution in [0, 0.1) is 0 Å². The van der Waals surface area contributed by atoms with Crippen LogP contribution in [-0.2, 0) is 6.54 Å². The molecular weight excluding hydrogens is 276 g/mol. The van der Waals surface area contributed by atoms with Crippen molar-refractivity contribution in [3.05, 3.63) is 34.5 Å². The zero-order chi connectivity index (χ0) is 12.8. The van der Waals surface area contributed by atoms with Crippen LogP contribution in [0.2, 0.25) is 0 Å². The van der Waals surface area contributed by atoms with Crippen LogP contribution in [0.1, 0.15) is 15.8 Å². The van der Waals surface area contributed by atoms with Crippen LogP contribution in [0.4, 0.5) is 4.79 Å². The number of amides is 1. The average molecular weight is 293 g/mol. The summed E-state index contributed by atoms with van der Waals surface area (Å²) in [5.41, 5.74) is 5.50. The lowest BCUT2D eigenvalue weighted by Crippen LogP contribution is -2.35. The van der Waals surface area contributed by atoms with E-state index >= 15 is 0 Å². The van der Waals surface area contributed by atoms with Gasteiger partial charge in [-0.3, -0.25) is 4.90 Å². The molecule has 7 heteroatoms. The molecule has 0 radical (unpaired) electrons. The van der Waals surface area contributed by atoms with Crippen LogP contribution in [0.25, 0.3) is 0 Å². The van der Waals surface area contributed by atoms with Crippen LogP contribution < -0.4 is 5.73 Å². The summed E-state index contributed by atoms with van der Waals surface area (Å²) < 4.78 is 0. The molecule has 0 aliphatic heterocycles. The molecule has 0 fully saturated rings. The second kappa shape index (κ2) is 8.10. The Hall–Kier alpha value is -1.08. The number of carbonyl (C=O) groups is 1. The maximum Gasteiger partial charge on any atom is 0.408 e. The summed E-state index contributed by atoms with van der Waals surface area (Å²) in [4.78, 5) is 14.0. The molecule has 1 amide bonds. The summed E-state index contributed by atoms with van der Waals surface area (Å²) in [5, 5.41) is 18.4. The highest BCUT2D eigenvalue weighted by molar-refractivity contribution is 7.12. The molecule has 1 aromatic rings. The second-order valence-corrected chi connectivity index (χ2v) is 4.63. The first-order chi connectivity index (χ1) is 8.13. The normalized spacial score (nSPS) is 11.4. The maximum absolute atomic E-state index is 11.1. The number of hydrogen-bond acceptors (Lipinski definition) is 4. The lowest BCUT2D eigenvalue weighted by molar-refractivity contribution is 0.106. The van der Waals surface area contributed by atoms with Gasteiger partial charge in [0.15, 0.2) is 0 Å². The fraction of sp³-hybridized carbons (Fsp3) is 0.364. The Morgan fingerprint density at radius 3 is 2.67 bits per heavy atom. The molecule has 1 heterocycles. The first-order valence-corrected chi connectivity index (χ1v) is 5.95. The van der Waals surface area contributed by atoms with Gasteiger partial charge in [-0.2, -0.15) is 0 Å². The number of thiophene rings is 1. The van der Waals surface area contributed by atoms with E-state index in [1.165, 1.54) is 17.4 Å². The first-order valence-electron chi connectivity index (χ1n) is 5.14. The number of carboxylic acid groups (broad SMARTS) is 1. The lowest BCUT2D eigenvalue weighted by atomic mass is 10.2. The van der Waals surface area contributed by atoms with Crippen LogP contribution >= 0.6 is 23.7 Å². The van der Waals surface area contributed by atoms with Crippen molar-refractivity contribution in [3.63, 3.8) is 0 Å². The largest absolute Gasteiger partial charge is 0.465 e. The molecule has 0 saturated carbocycles. The molecular formula is C11H17ClN2O3S. The molecule has 1 rings (SSSR count). The number of aliphatic hydroxyl groups is 1. The van der Waals surface area contributed by atoms with Crippen LogP contribution in [0.3, 0.4) is 0 Å². The number of rotatable bonds is 6. The fourth-order valence-corrected chi connectivity index (χ4v) is 2.50. The Kier molecular flexibility index (Phi) is 7.61. The lowest BCUT2D eigenvalue weighted by Gasteiger charge is -2.25. The van der Waals surface area contributed by atoms with Gasteiger partial charge in [0.1, 0.15) is 0 Å². The number of aliphatic hydroxyl groups excluding tert-OH is 1. The highest BCUT2D eigenvalue weighted by Crippen LogP contribution is 2.27. The topological polar surface area (TPSA) is 86.8 Å². The van der Waals surface area contributed by atoms with Crippen molar-refractivity contribution in [2.24, 2.45) is 5.73 Å². The highest BCUT2D eigenvalue weighted by Gasteiger charge is 2.24. The smallest absolute Gasteiger partial charge is 0.408 e. The van der Waals surface area contributed by atoms with Gasteiger partial charge in [0.25, 0.3) is 0 Å². The standard InChI is InChI=1S/C11H16N2O3S.ClH/c1-2-5-13(11(15)16)9(7-14)10-4-3-8(6-12)17-10;/h2-4,9,14H,1,5-7,12H2,(H,15,16);1H/t9-;/m1./s1. The van der Waals surface area contributed by atoms with Gasteiger partial charge in [-0.05, 0) is 12.1 Å². The third-order valence-corrected chi connectivity index (χ3v) is 3.54. The van der Waals surface area contributed by atoms with E-state index in [2.05, 4.69) is 6.58 Å². The number of nitrogens with zero attached hydrogens (tertiary/aromatic N) is 1. The molecule has 1 aromatic heterocycles. The second-order valence-electron chi connectivity index (χ2n) is 3.43. The molecule has 5 nitrogen and oxygen atoms in total. The zero-order valence-electron chi connectivity index (χ0n) is 9.78. The van der Waals surface area contributed by atoms with E-state index in [1.807, 2.05) is 6.07 Å². The molecule has 0 bridgehead atoms. The Bertz CT molecular complexity index is 397. The third kappa shape index (κ3) is 3.99. The molecule has 0 spiro atoms. The zero-order valence-corrected chi connectivity index (χ0v) is 11.4. The van der Waals surface area contributed by atoms with Crippen molar-refractivity contribution in [1.82, 2.24) is 4.90 Å². The van der Waals surface area contributed by atoms with Gasteiger partial charge in [-0.1, -0.05) is 6.08 Å². The number of halogens is 1. The van der Waals surface area contributed by atoms with E-state index in [0.717, 1.165) is 14.7 Å². The summed E-state index contributed by atoms with van der Waals surface area (Å²) in [5.74, 6) is 0. The van der Waals surface area contributed by atoms with Gasteiger partial charge >= 0.3 is 6.09 Å². The average Bonchev–Trinajstić information content (AvgIpc) is 2.77. The van der Waals surface area contributed by atoms with Crippen molar-refractivity contribution < 1.29 is 15.0 Å². The van der Waals surface area contributed by atoms with E-state index in [1.54, 1.807) is 6.07 Å². The molecule has 0 aromatic carbocycles. The Balaban J connectivity index is 0.00000289. The van der Waals surface area contributed by atoms with E-state index < -0.39 is 12.1 Å². The molecule has 0 aliphatic rings. The van der Waals surface area contributed by atoms with Crippen LogP contribution in [0.5, 0.6) is 0 Å². The minimum Gasteiger partial charge on any atom is -0.465 e. The summed E-state index contributed by atoms with van der Waals surface area (Å²) >= 11 is 1.41. The molecule has 4 N–H and O–H groups in total. The van der Waals surface area contributed by atoms with Crippen LogP contribution in [-0.4, -0.2) is 34.4 Å². The minimum absolute atomic E-state index is 0. The summed E-state index contributed by atoms with van der Waals surface area (Å²) in [7, 11) is 0. The van der Waals surface area contributed by atoms with Gasteiger partial charge in [-0.15, -0.1) is 30.3 Å². The minimum atomic E-state index is -1.08. The van der Waals surface area contributed by atoms with Gasteiger partial charge < -0.3 is 15.9 Å². The van der Waals surface area contributed by atoms with Crippen molar-refractivity contribution in [2.75, 3.05) is 13.2 Å². The quantitative estimate of drug-likeness (QED) is 0.698. The SMILES string of the molecule is C=CCN(C(=O)O)[C@H](CO)c1ccc(CN)s1.Cl. The van der Waals surface area contributed by atoms with Crippen molar-refractivity contribution in [2.45, 2.75) is 12.6 Å². The highest BCUT2D eigenvalue weighted by atomic mass is 35.5. The molecule has 0 unspecified atom stereocenters. The Labute approximate surface area is 116 Å². The summed E-state index contributed by atoms with van der Waals surface area (Å²) in [6, 6.07) is 3.08.